The van der Waals surface area contributed by atoms with Crippen LogP contribution in [0.3, 0.4) is 0 Å². The van der Waals surface area contributed by atoms with E-state index in [0.29, 0.717) is 0 Å². The van der Waals surface area contributed by atoms with E-state index in [1.54, 1.807) is 12.1 Å². The topological polar surface area (TPSA) is 146 Å². The number of amides is 1. The van der Waals surface area contributed by atoms with Gasteiger partial charge in [-0.15, -0.1) is 0 Å². The minimum atomic E-state index is -0.589. The highest BCUT2D eigenvalue weighted by molar-refractivity contribution is 7.99. The molecule has 0 saturated heterocycles. The number of aromatic nitrogens is 2. The number of hydrogen-bond donors (Lipinski definition) is 1. The number of aryl methyl sites for hydroxylation is 1. The van der Waals surface area contributed by atoms with Crippen molar-refractivity contribution in [1.82, 2.24) is 15.0 Å². The van der Waals surface area contributed by atoms with Crippen LogP contribution in [0.25, 0.3) is 5.69 Å². The standard InChI is InChI=1S/C25H20N6O5S/c1-16-13-18(14-27-28-25(32)24-12-7-21(15-26-24)31(35)36)17(2)29(16)19-3-8-22(9-4-19)37-23-10-5-20(6-11-23)30(33)34/h3-15H,1-2H3,(H,28,32)/b27-14-. The Morgan fingerprint density at radius 3 is 2.11 bits per heavy atom. The van der Waals surface area contributed by atoms with Gasteiger partial charge in [0, 0.05) is 50.6 Å². The van der Waals surface area contributed by atoms with E-state index < -0.39 is 15.8 Å². The van der Waals surface area contributed by atoms with Gasteiger partial charge in [-0.1, -0.05) is 11.8 Å². The molecule has 2 aromatic carbocycles. The van der Waals surface area contributed by atoms with Crippen LogP contribution < -0.4 is 5.43 Å². The van der Waals surface area contributed by atoms with Crippen molar-refractivity contribution in [3.8, 4) is 5.69 Å². The average Bonchev–Trinajstić information content (AvgIpc) is 3.17. The summed E-state index contributed by atoms with van der Waals surface area (Å²) in [5.74, 6) is -0.582. The summed E-state index contributed by atoms with van der Waals surface area (Å²) in [5.41, 5.74) is 5.88. The molecule has 0 aliphatic heterocycles. The van der Waals surface area contributed by atoms with Gasteiger partial charge in [-0.3, -0.25) is 25.0 Å². The Labute approximate surface area is 215 Å². The Morgan fingerprint density at radius 2 is 1.54 bits per heavy atom. The molecule has 0 radical (unpaired) electrons. The molecule has 0 unspecified atom stereocenters. The molecule has 1 amide bonds. The highest BCUT2D eigenvalue weighted by Crippen LogP contribution is 2.30. The maximum atomic E-state index is 12.2. The smallest absolute Gasteiger partial charge is 0.289 e. The van der Waals surface area contributed by atoms with E-state index in [1.807, 2.05) is 44.2 Å². The number of nitrogens with zero attached hydrogens (tertiary/aromatic N) is 5. The molecule has 186 valence electrons. The molecule has 0 fully saturated rings. The molecule has 0 spiro atoms. The van der Waals surface area contributed by atoms with Crippen molar-refractivity contribution in [2.45, 2.75) is 23.6 Å². The zero-order valence-electron chi connectivity index (χ0n) is 19.7. The van der Waals surface area contributed by atoms with E-state index >= 15 is 0 Å². The van der Waals surface area contributed by atoms with Crippen LogP contribution in [0, 0.1) is 34.1 Å². The predicted molar refractivity (Wildman–Crippen MR) is 138 cm³/mol. The van der Waals surface area contributed by atoms with Crippen LogP contribution in [0.4, 0.5) is 11.4 Å². The number of nitro groups is 2. The number of carbonyl (C=O) groups is 1. The Bertz CT molecular complexity index is 1500. The van der Waals surface area contributed by atoms with Crippen molar-refractivity contribution in [1.29, 1.82) is 0 Å². The van der Waals surface area contributed by atoms with Crippen LogP contribution >= 0.6 is 11.8 Å². The Hall–Kier alpha value is -4.84. The lowest BCUT2D eigenvalue weighted by Gasteiger charge is -2.10. The molecule has 2 aromatic heterocycles. The predicted octanol–water partition coefficient (Wildman–Crippen LogP) is 5.22. The summed E-state index contributed by atoms with van der Waals surface area (Å²) in [5, 5.41) is 25.5. The van der Waals surface area contributed by atoms with Crippen LogP contribution in [0.2, 0.25) is 0 Å². The van der Waals surface area contributed by atoms with Crippen LogP contribution in [-0.4, -0.2) is 31.5 Å². The molecule has 0 atom stereocenters. The summed E-state index contributed by atoms with van der Waals surface area (Å²) in [4.78, 5) is 38.4. The van der Waals surface area contributed by atoms with Crippen LogP contribution in [0.1, 0.15) is 27.4 Å². The molecule has 37 heavy (non-hydrogen) atoms. The second-order valence-corrected chi connectivity index (χ2v) is 9.01. The van der Waals surface area contributed by atoms with Crippen molar-refractivity contribution in [2.75, 3.05) is 0 Å². The fraction of sp³-hybridized carbons (Fsp3) is 0.0800. The number of rotatable bonds is 8. The summed E-state index contributed by atoms with van der Waals surface area (Å²) in [6, 6.07) is 18.7. The quantitative estimate of drug-likeness (QED) is 0.192. The fourth-order valence-electron chi connectivity index (χ4n) is 3.60. The first-order valence-corrected chi connectivity index (χ1v) is 11.7. The molecule has 2 heterocycles. The number of benzene rings is 2. The number of nitrogens with one attached hydrogen (secondary N) is 1. The molecule has 0 aliphatic carbocycles. The molecule has 4 aromatic rings. The highest BCUT2D eigenvalue weighted by atomic mass is 32.2. The van der Waals surface area contributed by atoms with Gasteiger partial charge in [-0.2, -0.15) is 5.10 Å². The fourth-order valence-corrected chi connectivity index (χ4v) is 4.41. The van der Waals surface area contributed by atoms with Crippen molar-refractivity contribution in [2.24, 2.45) is 5.10 Å². The number of carbonyl (C=O) groups excluding carboxylic acids is 1. The maximum absolute atomic E-state index is 12.2. The van der Waals surface area contributed by atoms with Gasteiger partial charge in [0.05, 0.1) is 16.1 Å². The monoisotopic (exact) mass is 516 g/mol. The lowest BCUT2D eigenvalue weighted by Crippen LogP contribution is -2.19. The van der Waals surface area contributed by atoms with E-state index in [9.17, 15) is 25.0 Å². The molecular formula is C25H20N6O5S. The van der Waals surface area contributed by atoms with Crippen molar-refractivity contribution in [3.05, 3.63) is 116 Å². The Balaban J connectivity index is 1.43. The summed E-state index contributed by atoms with van der Waals surface area (Å²) in [6.45, 7) is 3.90. The molecule has 1 N–H and O–H groups in total. The third-order valence-corrected chi connectivity index (χ3v) is 6.43. The van der Waals surface area contributed by atoms with Gasteiger partial charge in [-0.25, -0.2) is 10.4 Å². The molecule has 4 rings (SSSR count). The Kier molecular flexibility index (Phi) is 7.39. The average molecular weight is 517 g/mol. The number of hydrogen-bond acceptors (Lipinski definition) is 8. The van der Waals surface area contributed by atoms with Crippen molar-refractivity contribution in [3.63, 3.8) is 0 Å². The van der Waals surface area contributed by atoms with Gasteiger partial charge in [0.15, 0.2) is 0 Å². The van der Waals surface area contributed by atoms with Crippen LogP contribution in [0.5, 0.6) is 0 Å². The first-order chi connectivity index (χ1) is 17.7. The number of nitro benzene ring substituents is 1. The molecule has 12 heteroatoms. The largest absolute Gasteiger partial charge is 0.318 e. The van der Waals surface area contributed by atoms with E-state index in [0.717, 1.165) is 38.6 Å². The van der Waals surface area contributed by atoms with Gasteiger partial charge in [0.2, 0.25) is 0 Å². The molecule has 11 nitrogen and oxygen atoms in total. The number of hydrazone groups is 1. The normalized spacial score (nSPS) is 11.0. The zero-order chi connectivity index (χ0) is 26.5. The third kappa shape index (κ3) is 5.87. The van der Waals surface area contributed by atoms with Gasteiger partial charge >= 0.3 is 0 Å². The first kappa shape index (κ1) is 25.3. The lowest BCUT2D eigenvalue weighted by molar-refractivity contribution is -0.385. The van der Waals surface area contributed by atoms with Crippen molar-refractivity contribution < 1.29 is 14.6 Å². The minimum absolute atomic E-state index is 0.0138. The van der Waals surface area contributed by atoms with Crippen molar-refractivity contribution >= 4 is 35.3 Å². The van der Waals surface area contributed by atoms with Gasteiger partial charge in [0.1, 0.15) is 11.9 Å². The van der Waals surface area contributed by atoms with E-state index in [1.165, 1.54) is 42.2 Å². The SMILES string of the molecule is Cc1cc(/C=N\NC(=O)c2ccc([N+](=O)[O-])cn2)c(C)n1-c1ccc(Sc2ccc([N+](=O)[O-])cc2)cc1. The van der Waals surface area contributed by atoms with Gasteiger partial charge in [-0.05, 0) is 62.4 Å². The number of pyridine rings is 1. The van der Waals surface area contributed by atoms with Crippen LogP contribution in [-0.2, 0) is 0 Å². The summed E-state index contributed by atoms with van der Waals surface area (Å²) in [7, 11) is 0. The summed E-state index contributed by atoms with van der Waals surface area (Å²) >= 11 is 1.51. The van der Waals surface area contributed by atoms with Gasteiger partial charge < -0.3 is 4.57 Å². The summed E-state index contributed by atoms with van der Waals surface area (Å²) < 4.78 is 2.06. The molecule has 0 saturated carbocycles. The third-order valence-electron chi connectivity index (χ3n) is 5.41. The highest BCUT2D eigenvalue weighted by Gasteiger charge is 2.12. The first-order valence-electron chi connectivity index (χ1n) is 10.9. The number of non-ortho nitro benzene ring substituents is 1. The minimum Gasteiger partial charge on any atom is -0.318 e. The van der Waals surface area contributed by atoms with E-state index in [2.05, 4.69) is 20.1 Å². The van der Waals surface area contributed by atoms with E-state index in [-0.39, 0.29) is 17.1 Å². The zero-order valence-corrected chi connectivity index (χ0v) is 20.5. The molecule has 0 bridgehead atoms. The van der Waals surface area contributed by atoms with E-state index in [4.69, 9.17) is 0 Å². The second-order valence-electron chi connectivity index (χ2n) is 7.87. The lowest BCUT2D eigenvalue weighted by atomic mass is 10.2. The Morgan fingerprint density at radius 1 is 0.946 bits per heavy atom. The molecule has 0 aliphatic rings. The summed E-state index contributed by atoms with van der Waals surface area (Å²) in [6.07, 6.45) is 2.54. The maximum Gasteiger partial charge on any atom is 0.289 e. The van der Waals surface area contributed by atoms with Crippen LogP contribution in [0.15, 0.2) is 87.8 Å². The van der Waals surface area contributed by atoms with Gasteiger partial charge in [0.25, 0.3) is 17.3 Å². The molecular weight excluding hydrogens is 496 g/mol. The second kappa shape index (κ2) is 10.8.